The predicted molar refractivity (Wildman–Crippen MR) is 75.8 cm³/mol. The van der Waals surface area contributed by atoms with Crippen LogP contribution in [0.1, 0.15) is 36.5 Å². The van der Waals surface area contributed by atoms with Gasteiger partial charge in [0.2, 0.25) is 0 Å². The number of rotatable bonds is 3. The van der Waals surface area contributed by atoms with Crippen molar-refractivity contribution in [3.63, 3.8) is 0 Å². The van der Waals surface area contributed by atoms with E-state index in [-0.39, 0.29) is 5.91 Å². The van der Waals surface area contributed by atoms with E-state index >= 15 is 0 Å². The summed E-state index contributed by atoms with van der Waals surface area (Å²) >= 11 is 3.37. The van der Waals surface area contributed by atoms with Gasteiger partial charge in [-0.1, -0.05) is 25.1 Å². The van der Waals surface area contributed by atoms with Crippen molar-refractivity contribution in [2.24, 2.45) is 5.92 Å². The molecule has 96 valence electrons. The molecule has 0 saturated heterocycles. The Morgan fingerprint density at radius 2 is 2.17 bits per heavy atom. The average Bonchev–Trinajstić information content (AvgIpc) is 2.38. The molecule has 0 aliphatic heterocycles. The van der Waals surface area contributed by atoms with Crippen LogP contribution in [0.15, 0.2) is 40.5 Å². The molecule has 1 aliphatic rings. The quantitative estimate of drug-likeness (QED) is 0.840. The molecule has 0 heterocycles. The molecule has 18 heavy (non-hydrogen) atoms. The van der Waals surface area contributed by atoms with Crippen molar-refractivity contribution in [2.45, 2.75) is 26.2 Å². The first kappa shape index (κ1) is 13.1. The Balaban J connectivity index is 1.97. The summed E-state index contributed by atoms with van der Waals surface area (Å²) in [6, 6.07) is 7.39. The lowest BCUT2D eigenvalue weighted by Crippen LogP contribution is -2.39. The van der Waals surface area contributed by atoms with Gasteiger partial charge < -0.3 is 5.43 Å². The summed E-state index contributed by atoms with van der Waals surface area (Å²) in [7, 11) is 0. The molecule has 0 saturated carbocycles. The maximum atomic E-state index is 12.0. The van der Waals surface area contributed by atoms with Gasteiger partial charge in [-0.15, -0.1) is 0 Å². The van der Waals surface area contributed by atoms with E-state index in [0.29, 0.717) is 11.5 Å². The van der Waals surface area contributed by atoms with Crippen LogP contribution in [0.3, 0.4) is 0 Å². The number of carbonyl (C=O) groups is 1. The molecule has 0 spiro atoms. The lowest BCUT2D eigenvalue weighted by atomic mass is 9.94. The van der Waals surface area contributed by atoms with Gasteiger partial charge in [-0.25, -0.2) is 0 Å². The fourth-order valence-electron chi connectivity index (χ4n) is 2.05. The minimum absolute atomic E-state index is 0.124. The number of hydrogen-bond donors (Lipinski definition) is 2. The number of hydrogen-bond acceptors (Lipinski definition) is 2. The van der Waals surface area contributed by atoms with Crippen LogP contribution in [0, 0.1) is 5.92 Å². The lowest BCUT2D eigenvalue weighted by molar-refractivity contribution is 0.0936. The molecular weight excluding hydrogens is 292 g/mol. The van der Waals surface area contributed by atoms with Crippen molar-refractivity contribution in [1.82, 2.24) is 10.9 Å². The summed E-state index contributed by atoms with van der Waals surface area (Å²) in [5.41, 5.74) is 7.54. The molecule has 0 radical (unpaired) electrons. The molecule has 3 nitrogen and oxygen atoms in total. The first-order chi connectivity index (χ1) is 8.68. The van der Waals surface area contributed by atoms with Crippen molar-refractivity contribution >= 4 is 21.8 Å². The van der Waals surface area contributed by atoms with Crippen LogP contribution >= 0.6 is 15.9 Å². The SMILES string of the molecule is C[C@H]1CCCC=C1NNC(=O)c1ccccc1Br. The third-order valence-corrected chi connectivity index (χ3v) is 3.87. The molecule has 0 bridgehead atoms. The molecule has 0 unspecified atom stereocenters. The van der Waals surface area contributed by atoms with Crippen molar-refractivity contribution in [3.05, 3.63) is 46.1 Å². The average molecular weight is 309 g/mol. The molecule has 0 fully saturated rings. The zero-order chi connectivity index (χ0) is 13.0. The number of halogens is 1. The third kappa shape index (κ3) is 3.13. The number of hydrazine groups is 1. The van der Waals surface area contributed by atoms with Gasteiger partial charge in [0.1, 0.15) is 0 Å². The highest BCUT2D eigenvalue weighted by Gasteiger charge is 2.14. The monoisotopic (exact) mass is 308 g/mol. The van der Waals surface area contributed by atoms with Gasteiger partial charge >= 0.3 is 0 Å². The molecule has 0 aromatic heterocycles. The maximum Gasteiger partial charge on any atom is 0.270 e. The van der Waals surface area contributed by atoms with Crippen LogP contribution in [-0.2, 0) is 0 Å². The molecule has 1 aromatic rings. The molecule has 1 aromatic carbocycles. The summed E-state index contributed by atoms with van der Waals surface area (Å²) in [5, 5.41) is 0. The fraction of sp³-hybridized carbons (Fsp3) is 0.357. The second-order valence-corrected chi connectivity index (χ2v) is 5.40. The summed E-state index contributed by atoms with van der Waals surface area (Å²) < 4.78 is 0.801. The van der Waals surface area contributed by atoms with E-state index in [1.165, 1.54) is 12.8 Å². The van der Waals surface area contributed by atoms with Crippen LogP contribution in [0.2, 0.25) is 0 Å². The number of nitrogens with one attached hydrogen (secondary N) is 2. The molecule has 2 rings (SSSR count). The predicted octanol–water partition coefficient (Wildman–Crippen LogP) is 3.39. The standard InChI is InChI=1S/C14H17BrN2O/c1-10-6-2-5-9-13(10)16-17-14(18)11-7-3-4-8-12(11)15/h3-4,7-10,16H,2,5-6H2,1H3,(H,17,18)/t10-/m0/s1. The first-order valence-corrected chi connectivity index (χ1v) is 6.98. The van der Waals surface area contributed by atoms with Crippen LogP contribution in [0.5, 0.6) is 0 Å². The Bertz CT molecular complexity index is 471. The highest BCUT2D eigenvalue weighted by molar-refractivity contribution is 9.10. The van der Waals surface area contributed by atoms with Gasteiger partial charge in [0.15, 0.2) is 0 Å². The lowest BCUT2D eigenvalue weighted by Gasteiger charge is -2.22. The van der Waals surface area contributed by atoms with E-state index < -0.39 is 0 Å². The topological polar surface area (TPSA) is 41.1 Å². The second-order valence-electron chi connectivity index (χ2n) is 4.55. The molecular formula is C14H17BrN2O. The smallest absolute Gasteiger partial charge is 0.270 e. The van der Waals surface area contributed by atoms with E-state index in [2.05, 4.69) is 39.8 Å². The van der Waals surface area contributed by atoms with Crippen LogP contribution < -0.4 is 10.9 Å². The van der Waals surface area contributed by atoms with E-state index in [0.717, 1.165) is 16.6 Å². The van der Waals surface area contributed by atoms with E-state index in [1.54, 1.807) is 6.07 Å². The van der Waals surface area contributed by atoms with Crippen molar-refractivity contribution in [1.29, 1.82) is 0 Å². The fourth-order valence-corrected chi connectivity index (χ4v) is 2.52. The molecule has 1 amide bonds. The number of amides is 1. The summed E-state index contributed by atoms with van der Waals surface area (Å²) in [6.45, 7) is 2.17. The van der Waals surface area contributed by atoms with Gasteiger partial charge in [0, 0.05) is 10.2 Å². The molecule has 4 heteroatoms. The Kier molecular flexibility index (Phi) is 4.42. The van der Waals surface area contributed by atoms with Crippen LogP contribution in [0.4, 0.5) is 0 Å². The minimum Gasteiger partial charge on any atom is -0.303 e. The number of benzene rings is 1. The zero-order valence-corrected chi connectivity index (χ0v) is 12.0. The largest absolute Gasteiger partial charge is 0.303 e. The number of carbonyl (C=O) groups excluding carboxylic acids is 1. The van der Waals surface area contributed by atoms with E-state index in [4.69, 9.17) is 0 Å². The minimum atomic E-state index is -0.124. The van der Waals surface area contributed by atoms with Crippen LogP contribution in [-0.4, -0.2) is 5.91 Å². The van der Waals surface area contributed by atoms with Gasteiger partial charge in [-0.05, 0) is 53.2 Å². The van der Waals surface area contributed by atoms with Crippen molar-refractivity contribution in [3.8, 4) is 0 Å². The Morgan fingerprint density at radius 3 is 2.89 bits per heavy atom. The third-order valence-electron chi connectivity index (χ3n) is 3.18. The van der Waals surface area contributed by atoms with Gasteiger partial charge in [0.25, 0.3) is 5.91 Å². The van der Waals surface area contributed by atoms with Crippen molar-refractivity contribution in [2.75, 3.05) is 0 Å². The van der Waals surface area contributed by atoms with Gasteiger partial charge in [-0.3, -0.25) is 10.2 Å². The Morgan fingerprint density at radius 1 is 1.39 bits per heavy atom. The second kappa shape index (κ2) is 6.05. The Hall–Kier alpha value is -1.29. The molecule has 2 N–H and O–H groups in total. The maximum absolute atomic E-state index is 12.0. The summed E-state index contributed by atoms with van der Waals surface area (Å²) in [6.07, 6.45) is 5.64. The highest BCUT2D eigenvalue weighted by Crippen LogP contribution is 2.21. The zero-order valence-electron chi connectivity index (χ0n) is 10.4. The number of allylic oxidation sites excluding steroid dienone is 2. The highest BCUT2D eigenvalue weighted by atomic mass is 79.9. The van der Waals surface area contributed by atoms with Gasteiger partial charge in [0.05, 0.1) is 5.56 Å². The Labute approximate surface area is 116 Å². The van der Waals surface area contributed by atoms with E-state index in [1.807, 2.05) is 18.2 Å². The van der Waals surface area contributed by atoms with Gasteiger partial charge in [-0.2, -0.15) is 0 Å². The molecule has 1 aliphatic carbocycles. The molecule has 1 atom stereocenters. The normalized spacial score (nSPS) is 19.0. The van der Waals surface area contributed by atoms with E-state index in [9.17, 15) is 4.79 Å². The summed E-state index contributed by atoms with van der Waals surface area (Å²) in [4.78, 5) is 12.0. The van der Waals surface area contributed by atoms with Crippen LogP contribution in [0.25, 0.3) is 0 Å². The first-order valence-electron chi connectivity index (χ1n) is 6.19. The van der Waals surface area contributed by atoms with Crippen molar-refractivity contribution < 1.29 is 4.79 Å². The summed E-state index contributed by atoms with van der Waals surface area (Å²) in [5.74, 6) is 0.361.